The van der Waals surface area contributed by atoms with Gasteiger partial charge in [-0.05, 0) is 18.4 Å². The molecule has 0 aromatic heterocycles. The number of likely N-dealkylation sites (tertiary alicyclic amines) is 1. The Labute approximate surface area is 168 Å². The molecule has 0 radical (unpaired) electrons. The highest BCUT2D eigenvalue weighted by Gasteiger charge is 2.41. The van der Waals surface area contributed by atoms with Crippen molar-refractivity contribution in [1.29, 1.82) is 0 Å². The summed E-state index contributed by atoms with van der Waals surface area (Å²) < 4.78 is 11.5. The molecule has 6 nitrogen and oxygen atoms in total. The highest BCUT2D eigenvalue weighted by molar-refractivity contribution is 5.80. The lowest BCUT2D eigenvalue weighted by molar-refractivity contribution is -0.0502. The van der Waals surface area contributed by atoms with E-state index in [2.05, 4.69) is 56.5 Å². The fraction of sp³-hybridized carbons (Fsp3) is 0.591. The summed E-state index contributed by atoms with van der Waals surface area (Å²) in [4.78, 5) is 9.46. The molecule has 0 bridgehead atoms. The van der Waals surface area contributed by atoms with Crippen molar-refractivity contribution in [2.75, 3.05) is 53.0 Å². The van der Waals surface area contributed by atoms with Crippen LogP contribution in [0.5, 0.6) is 0 Å². The first kappa shape index (κ1) is 19.4. The van der Waals surface area contributed by atoms with Gasteiger partial charge in [-0.3, -0.25) is 9.89 Å². The molecule has 0 spiro atoms. The predicted octanol–water partition coefficient (Wildman–Crippen LogP) is 1.88. The van der Waals surface area contributed by atoms with E-state index in [1.54, 1.807) is 0 Å². The molecule has 1 aromatic carbocycles. The van der Waals surface area contributed by atoms with E-state index in [-0.39, 0.29) is 6.10 Å². The van der Waals surface area contributed by atoms with Crippen LogP contribution in [0.25, 0.3) is 0 Å². The van der Waals surface area contributed by atoms with Gasteiger partial charge < -0.3 is 19.7 Å². The highest BCUT2D eigenvalue weighted by Crippen LogP contribution is 2.24. The van der Waals surface area contributed by atoms with E-state index >= 15 is 0 Å². The summed E-state index contributed by atoms with van der Waals surface area (Å²) >= 11 is 0. The lowest BCUT2D eigenvalue weighted by Gasteiger charge is -2.36. The maximum Gasteiger partial charge on any atom is 0.193 e. The van der Waals surface area contributed by atoms with Crippen molar-refractivity contribution in [3.05, 3.63) is 47.5 Å². The average Bonchev–Trinajstić information content (AvgIpc) is 3.18. The molecule has 4 rings (SSSR count). The van der Waals surface area contributed by atoms with Crippen LogP contribution in [0.3, 0.4) is 0 Å². The Morgan fingerprint density at radius 2 is 2.11 bits per heavy atom. The third-order valence-corrected chi connectivity index (χ3v) is 5.94. The molecule has 2 unspecified atom stereocenters. The van der Waals surface area contributed by atoms with Gasteiger partial charge in [-0.1, -0.05) is 42.0 Å². The number of fused-ring (bicyclic) bond motifs is 1. The van der Waals surface area contributed by atoms with Gasteiger partial charge in [0.05, 0.1) is 32.0 Å². The standard InChI is InChI=1S/C22H32N4O2/c1-23-22(24-10-7-18-8-12-27-13-9-18)26-16-20-21(17-26)28-14-11-25(20)15-19-5-3-2-4-6-19/h2-6,8,20-21H,7,9-17H2,1H3,(H,23,24). The van der Waals surface area contributed by atoms with Gasteiger partial charge >= 0.3 is 0 Å². The molecular formula is C22H32N4O2. The minimum Gasteiger partial charge on any atom is -0.377 e. The van der Waals surface area contributed by atoms with Gasteiger partial charge in [0, 0.05) is 39.8 Å². The van der Waals surface area contributed by atoms with Gasteiger partial charge in [0.25, 0.3) is 0 Å². The molecule has 152 valence electrons. The molecule has 2 saturated heterocycles. The first-order valence-electron chi connectivity index (χ1n) is 10.4. The second kappa shape index (κ2) is 9.54. The van der Waals surface area contributed by atoms with E-state index in [4.69, 9.17) is 9.47 Å². The molecule has 0 saturated carbocycles. The van der Waals surface area contributed by atoms with Crippen molar-refractivity contribution in [1.82, 2.24) is 15.1 Å². The van der Waals surface area contributed by atoms with Crippen LogP contribution in [0.4, 0.5) is 0 Å². The number of guanidine groups is 1. The third kappa shape index (κ3) is 4.74. The van der Waals surface area contributed by atoms with Gasteiger partial charge in [0.2, 0.25) is 0 Å². The van der Waals surface area contributed by atoms with Gasteiger partial charge in [-0.15, -0.1) is 0 Å². The lowest BCUT2D eigenvalue weighted by Crippen LogP contribution is -2.50. The van der Waals surface area contributed by atoms with E-state index in [0.29, 0.717) is 6.04 Å². The number of rotatable bonds is 5. The quantitative estimate of drug-likeness (QED) is 0.477. The number of nitrogens with zero attached hydrogens (tertiary/aromatic N) is 3. The maximum atomic E-state index is 6.11. The van der Waals surface area contributed by atoms with Crippen LogP contribution >= 0.6 is 0 Å². The highest BCUT2D eigenvalue weighted by atomic mass is 16.5. The zero-order valence-electron chi connectivity index (χ0n) is 16.8. The van der Waals surface area contributed by atoms with Gasteiger partial charge in [0.1, 0.15) is 0 Å². The van der Waals surface area contributed by atoms with Crippen LogP contribution in [0.2, 0.25) is 0 Å². The van der Waals surface area contributed by atoms with Crippen LogP contribution in [0, 0.1) is 0 Å². The fourth-order valence-electron chi connectivity index (χ4n) is 4.41. The summed E-state index contributed by atoms with van der Waals surface area (Å²) in [7, 11) is 1.88. The molecule has 3 aliphatic heterocycles. The zero-order chi connectivity index (χ0) is 19.2. The number of ether oxygens (including phenoxy) is 2. The van der Waals surface area contributed by atoms with E-state index < -0.39 is 0 Å². The van der Waals surface area contributed by atoms with Gasteiger partial charge in [-0.2, -0.15) is 0 Å². The Morgan fingerprint density at radius 1 is 1.21 bits per heavy atom. The minimum atomic E-state index is 0.259. The van der Waals surface area contributed by atoms with Crippen LogP contribution < -0.4 is 5.32 Å². The normalized spacial score (nSPS) is 26.1. The largest absolute Gasteiger partial charge is 0.377 e. The van der Waals surface area contributed by atoms with E-state index in [0.717, 1.165) is 71.3 Å². The van der Waals surface area contributed by atoms with Crippen molar-refractivity contribution < 1.29 is 9.47 Å². The van der Waals surface area contributed by atoms with Crippen LogP contribution in [-0.2, 0) is 16.0 Å². The molecule has 1 aromatic rings. The molecule has 3 aliphatic rings. The Hall–Kier alpha value is -1.89. The van der Waals surface area contributed by atoms with E-state index in [9.17, 15) is 0 Å². The Balaban J connectivity index is 1.32. The predicted molar refractivity (Wildman–Crippen MR) is 111 cm³/mol. The zero-order valence-corrected chi connectivity index (χ0v) is 16.8. The third-order valence-electron chi connectivity index (χ3n) is 5.94. The monoisotopic (exact) mass is 384 g/mol. The number of morpholine rings is 1. The van der Waals surface area contributed by atoms with E-state index in [1.807, 2.05) is 7.05 Å². The molecule has 3 heterocycles. The number of hydrogen-bond donors (Lipinski definition) is 1. The molecule has 28 heavy (non-hydrogen) atoms. The summed E-state index contributed by atoms with van der Waals surface area (Å²) in [6.45, 7) is 7.19. The Kier molecular flexibility index (Phi) is 6.62. The first-order valence-corrected chi connectivity index (χ1v) is 10.4. The second-order valence-electron chi connectivity index (χ2n) is 7.75. The second-order valence-corrected chi connectivity index (χ2v) is 7.75. The number of benzene rings is 1. The van der Waals surface area contributed by atoms with Crippen LogP contribution in [-0.4, -0.2) is 81.0 Å². The number of hydrogen-bond acceptors (Lipinski definition) is 4. The SMILES string of the molecule is CN=C(NCCC1=CCOCC1)N1CC2OCCN(Cc3ccccc3)C2C1. The van der Waals surface area contributed by atoms with Crippen molar-refractivity contribution in [3.63, 3.8) is 0 Å². The first-order chi connectivity index (χ1) is 13.8. The molecule has 0 amide bonds. The molecule has 1 N–H and O–H groups in total. The molecular weight excluding hydrogens is 352 g/mol. The van der Waals surface area contributed by atoms with E-state index in [1.165, 1.54) is 11.1 Å². The molecule has 2 atom stereocenters. The average molecular weight is 385 g/mol. The van der Waals surface area contributed by atoms with Gasteiger partial charge in [-0.25, -0.2) is 0 Å². The molecule has 6 heteroatoms. The van der Waals surface area contributed by atoms with Crippen molar-refractivity contribution in [2.45, 2.75) is 31.5 Å². The number of nitrogens with one attached hydrogen (secondary N) is 1. The van der Waals surface area contributed by atoms with Crippen molar-refractivity contribution in [2.24, 2.45) is 4.99 Å². The van der Waals surface area contributed by atoms with Crippen molar-refractivity contribution in [3.8, 4) is 0 Å². The number of aliphatic imine (C=N–C) groups is 1. The summed E-state index contributed by atoms with van der Waals surface area (Å²) in [6.07, 6.45) is 4.58. The molecule has 2 fully saturated rings. The summed E-state index contributed by atoms with van der Waals surface area (Å²) in [5, 5.41) is 3.55. The topological polar surface area (TPSA) is 49.3 Å². The Morgan fingerprint density at radius 3 is 2.89 bits per heavy atom. The van der Waals surface area contributed by atoms with Crippen LogP contribution in [0.1, 0.15) is 18.4 Å². The summed E-state index contributed by atoms with van der Waals surface area (Å²) in [6, 6.07) is 11.2. The summed E-state index contributed by atoms with van der Waals surface area (Å²) in [5.41, 5.74) is 2.86. The fourth-order valence-corrected chi connectivity index (χ4v) is 4.41. The maximum absolute atomic E-state index is 6.11. The lowest BCUT2D eigenvalue weighted by atomic mass is 10.1. The van der Waals surface area contributed by atoms with Crippen LogP contribution in [0.15, 0.2) is 47.0 Å². The molecule has 0 aliphatic carbocycles. The Bertz CT molecular complexity index is 691. The smallest absolute Gasteiger partial charge is 0.193 e. The van der Waals surface area contributed by atoms with Gasteiger partial charge in [0.15, 0.2) is 5.96 Å². The van der Waals surface area contributed by atoms with Crippen molar-refractivity contribution >= 4 is 5.96 Å². The summed E-state index contributed by atoms with van der Waals surface area (Å²) in [5.74, 6) is 0.991. The minimum absolute atomic E-state index is 0.259.